The summed E-state index contributed by atoms with van der Waals surface area (Å²) in [4.78, 5) is 7.28. The fourth-order valence-corrected chi connectivity index (χ4v) is 3.36. The molecule has 112 valence electrons. The fraction of sp³-hybridized carbons (Fsp3) is 0.500. The SMILES string of the molecule is CCCN(c1cc(C)nc2ccccc12)C1CCCNC1. The Kier molecular flexibility index (Phi) is 4.39. The Labute approximate surface area is 127 Å². The van der Waals surface area contributed by atoms with Crippen LogP contribution < -0.4 is 10.2 Å². The number of anilines is 1. The lowest BCUT2D eigenvalue weighted by Gasteiger charge is -2.37. The third-order valence-electron chi connectivity index (χ3n) is 4.31. The van der Waals surface area contributed by atoms with Crippen LogP contribution in [0.1, 0.15) is 31.9 Å². The summed E-state index contributed by atoms with van der Waals surface area (Å²) in [5.41, 5.74) is 3.57. The predicted molar refractivity (Wildman–Crippen MR) is 90.0 cm³/mol. The first-order chi connectivity index (χ1) is 10.3. The molecule has 1 unspecified atom stereocenters. The van der Waals surface area contributed by atoms with E-state index in [9.17, 15) is 0 Å². The molecule has 0 spiro atoms. The highest BCUT2D eigenvalue weighted by molar-refractivity contribution is 5.92. The van der Waals surface area contributed by atoms with E-state index < -0.39 is 0 Å². The van der Waals surface area contributed by atoms with Gasteiger partial charge in [0.05, 0.1) is 5.52 Å². The van der Waals surface area contributed by atoms with Crippen LogP contribution in [-0.4, -0.2) is 30.7 Å². The topological polar surface area (TPSA) is 28.2 Å². The van der Waals surface area contributed by atoms with E-state index in [1.54, 1.807) is 0 Å². The summed E-state index contributed by atoms with van der Waals surface area (Å²) in [7, 11) is 0. The van der Waals surface area contributed by atoms with Crippen molar-refractivity contribution in [3.63, 3.8) is 0 Å². The summed E-state index contributed by atoms with van der Waals surface area (Å²) in [6.07, 6.45) is 3.72. The predicted octanol–water partition coefficient (Wildman–Crippen LogP) is 3.51. The van der Waals surface area contributed by atoms with Crippen molar-refractivity contribution in [2.24, 2.45) is 0 Å². The molecule has 3 heteroatoms. The van der Waals surface area contributed by atoms with E-state index >= 15 is 0 Å². The van der Waals surface area contributed by atoms with Gasteiger partial charge in [-0.2, -0.15) is 0 Å². The van der Waals surface area contributed by atoms with Gasteiger partial charge in [-0.1, -0.05) is 25.1 Å². The molecule has 1 atom stereocenters. The van der Waals surface area contributed by atoms with Crippen molar-refractivity contribution in [1.29, 1.82) is 0 Å². The molecule has 1 aromatic heterocycles. The number of rotatable bonds is 4. The largest absolute Gasteiger partial charge is 0.367 e. The van der Waals surface area contributed by atoms with Crippen molar-refractivity contribution < 1.29 is 0 Å². The molecule has 1 saturated heterocycles. The molecule has 0 aliphatic carbocycles. The molecule has 3 rings (SSSR count). The van der Waals surface area contributed by atoms with Crippen LogP contribution in [0.5, 0.6) is 0 Å². The van der Waals surface area contributed by atoms with E-state index in [4.69, 9.17) is 0 Å². The second kappa shape index (κ2) is 6.44. The molecule has 2 aromatic rings. The first-order valence-electron chi connectivity index (χ1n) is 8.13. The zero-order valence-corrected chi connectivity index (χ0v) is 13.1. The number of nitrogens with one attached hydrogen (secondary N) is 1. The van der Waals surface area contributed by atoms with Gasteiger partial charge in [-0.05, 0) is 44.9 Å². The van der Waals surface area contributed by atoms with Crippen LogP contribution in [0.3, 0.4) is 0 Å². The van der Waals surface area contributed by atoms with E-state index in [0.717, 1.165) is 30.8 Å². The molecular formula is C18H25N3. The maximum atomic E-state index is 4.68. The molecule has 2 heterocycles. The van der Waals surface area contributed by atoms with Crippen molar-refractivity contribution >= 4 is 16.6 Å². The molecule has 1 fully saturated rings. The highest BCUT2D eigenvalue weighted by Gasteiger charge is 2.22. The highest BCUT2D eigenvalue weighted by Crippen LogP contribution is 2.29. The number of hydrogen-bond donors (Lipinski definition) is 1. The third kappa shape index (κ3) is 3.03. The Hall–Kier alpha value is -1.61. The van der Waals surface area contributed by atoms with Crippen molar-refractivity contribution in [3.05, 3.63) is 36.0 Å². The Balaban J connectivity index is 2.05. The van der Waals surface area contributed by atoms with Gasteiger partial charge in [-0.25, -0.2) is 0 Å². The number of aromatic nitrogens is 1. The van der Waals surface area contributed by atoms with Gasteiger partial charge in [0.1, 0.15) is 0 Å². The first kappa shape index (κ1) is 14.3. The lowest BCUT2D eigenvalue weighted by molar-refractivity contribution is 0.431. The highest BCUT2D eigenvalue weighted by atomic mass is 15.2. The van der Waals surface area contributed by atoms with Gasteiger partial charge in [0.15, 0.2) is 0 Å². The van der Waals surface area contributed by atoms with Gasteiger partial charge in [0.2, 0.25) is 0 Å². The number of aryl methyl sites for hydroxylation is 1. The number of fused-ring (bicyclic) bond motifs is 1. The zero-order valence-electron chi connectivity index (χ0n) is 13.1. The third-order valence-corrected chi connectivity index (χ3v) is 4.31. The van der Waals surface area contributed by atoms with Crippen LogP contribution in [0.2, 0.25) is 0 Å². The summed E-state index contributed by atoms with van der Waals surface area (Å²) in [5.74, 6) is 0. The van der Waals surface area contributed by atoms with Crippen molar-refractivity contribution in [2.45, 2.75) is 39.2 Å². The van der Waals surface area contributed by atoms with Crippen LogP contribution in [-0.2, 0) is 0 Å². The minimum atomic E-state index is 0.601. The summed E-state index contributed by atoms with van der Waals surface area (Å²) in [6.45, 7) is 7.72. The molecule has 1 N–H and O–H groups in total. The van der Waals surface area contributed by atoms with Gasteiger partial charge in [0.25, 0.3) is 0 Å². The molecule has 0 radical (unpaired) electrons. The maximum absolute atomic E-state index is 4.68. The summed E-state index contributed by atoms with van der Waals surface area (Å²) in [5, 5.41) is 4.83. The lowest BCUT2D eigenvalue weighted by atomic mass is 10.0. The Morgan fingerprint density at radius 2 is 2.19 bits per heavy atom. The van der Waals surface area contributed by atoms with Crippen LogP contribution in [0.15, 0.2) is 30.3 Å². The number of nitrogens with zero attached hydrogens (tertiary/aromatic N) is 2. The van der Waals surface area contributed by atoms with Crippen molar-refractivity contribution in [2.75, 3.05) is 24.5 Å². The minimum absolute atomic E-state index is 0.601. The molecular weight excluding hydrogens is 258 g/mol. The quantitative estimate of drug-likeness (QED) is 0.930. The normalized spacial score (nSPS) is 18.9. The van der Waals surface area contributed by atoms with Crippen molar-refractivity contribution in [3.8, 4) is 0 Å². The Morgan fingerprint density at radius 1 is 1.33 bits per heavy atom. The van der Waals surface area contributed by atoms with Gasteiger partial charge in [-0.15, -0.1) is 0 Å². The van der Waals surface area contributed by atoms with Gasteiger partial charge >= 0.3 is 0 Å². The molecule has 3 nitrogen and oxygen atoms in total. The summed E-state index contributed by atoms with van der Waals surface area (Å²) in [6, 6.07) is 11.4. The second-order valence-corrected chi connectivity index (χ2v) is 5.99. The summed E-state index contributed by atoms with van der Waals surface area (Å²) < 4.78 is 0. The average Bonchev–Trinajstić information content (AvgIpc) is 2.52. The number of pyridine rings is 1. The van der Waals surface area contributed by atoms with E-state index in [2.05, 4.69) is 59.4 Å². The van der Waals surface area contributed by atoms with Crippen LogP contribution in [0.25, 0.3) is 10.9 Å². The Morgan fingerprint density at radius 3 is 2.95 bits per heavy atom. The van der Waals surface area contributed by atoms with Crippen LogP contribution >= 0.6 is 0 Å². The number of para-hydroxylation sites is 1. The Bertz CT molecular complexity index is 602. The molecule has 0 amide bonds. The fourth-order valence-electron chi connectivity index (χ4n) is 3.36. The van der Waals surface area contributed by atoms with E-state index in [1.807, 2.05) is 0 Å². The van der Waals surface area contributed by atoms with Gasteiger partial charge in [-0.3, -0.25) is 4.98 Å². The summed E-state index contributed by atoms with van der Waals surface area (Å²) >= 11 is 0. The smallest absolute Gasteiger partial charge is 0.0726 e. The first-order valence-corrected chi connectivity index (χ1v) is 8.13. The number of benzene rings is 1. The van der Waals surface area contributed by atoms with Gasteiger partial charge in [0, 0.05) is 35.9 Å². The van der Waals surface area contributed by atoms with Gasteiger partial charge < -0.3 is 10.2 Å². The second-order valence-electron chi connectivity index (χ2n) is 5.99. The lowest BCUT2D eigenvalue weighted by Crippen LogP contribution is -2.46. The molecule has 1 aliphatic heterocycles. The molecule has 21 heavy (non-hydrogen) atoms. The monoisotopic (exact) mass is 283 g/mol. The van der Waals surface area contributed by atoms with E-state index in [1.165, 1.54) is 30.3 Å². The van der Waals surface area contributed by atoms with Crippen LogP contribution in [0, 0.1) is 6.92 Å². The standard InChI is InChI=1S/C18H25N3/c1-3-11-21(15-7-6-10-19-13-15)18-12-14(2)20-17-9-5-4-8-16(17)18/h4-5,8-9,12,15,19H,3,6-7,10-11,13H2,1-2H3. The number of hydrogen-bond acceptors (Lipinski definition) is 3. The van der Waals surface area contributed by atoms with Crippen LogP contribution in [0.4, 0.5) is 5.69 Å². The van der Waals surface area contributed by atoms with Crippen molar-refractivity contribution in [1.82, 2.24) is 10.3 Å². The average molecular weight is 283 g/mol. The molecule has 1 aliphatic rings. The molecule has 0 saturated carbocycles. The van der Waals surface area contributed by atoms with E-state index in [-0.39, 0.29) is 0 Å². The minimum Gasteiger partial charge on any atom is -0.367 e. The number of piperidine rings is 1. The molecule has 1 aromatic carbocycles. The molecule has 0 bridgehead atoms. The maximum Gasteiger partial charge on any atom is 0.0726 e. The van der Waals surface area contributed by atoms with E-state index in [0.29, 0.717) is 6.04 Å². The zero-order chi connectivity index (χ0) is 14.7.